The van der Waals surface area contributed by atoms with Gasteiger partial charge in [-0.2, -0.15) is 0 Å². The molecule has 30 heavy (non-hydrogen) atoms. The average molecular weight is 495 g/mol. The third-order valence-corrected chi connectivity index (χ3v) is 4.93. The van der Waals surface area contributed by atoms with Crippen molar-refractivity contribution in [3.05, 3.63) is 0 Å². The Morgan fingerprint density at radius 2 is 1.43 bits per heavy atom. The summed E-state index contributed by atoms with van der Waals surface area (Å²) < 4.78 is 16.8. The van der Waals surface area contributed by atoms with Crippen LogP contribution in [0.2, 0.25) is 0 Å². The fourth-order valence-electron chi connectivity index (χ4n) is 3.68. The Hall–Kier alpha value is -0.270. The second-order valence-corrected chi connectivity index (χ2v) is 6.40. The van der Waals surface area contributed by atoms with Crippen LogP contribution in [0.3, 0.4) is 0 Å². The number of fused-ring (bicyclic) bond motifs is 2. The number of likely N-dealkylation sites (N-methyl/N-ethyl adjacent to an activating group) is 2. The number of carbonyl (C=O) groups excluding carboxylic acids is 1. The van der Waals surface area contributed by atoms with Gasteiger partial charge in [0.2, 0.25) is 6.29 Å². The number of aliphatic hydroxyl groups is 3. The van der Waals surface area contributed by atoms with Gasteiger partial charge in [-0.25, -0.2) is 0 Å². The van der Waals surface area contributed by atoms with Crippen molar-refractivity contribution in [2.24, 2.45) is 0 Å². The average Bonchev–Trinajstić information content (AvgIpc) is 2.49. The van der Waals surface area contributed by atoms with E-state index in [9.17, 15) is 20.1 Å². The molecule has 3 aliphatic rings. The molecule has 1 saturated carbocycles. The molecule has 188 valence electrons. The molecule has 0 bridgehead atoms. The van der Waals surface area contributed by atoms with Gasteiger partial charge in [0.15, 0.2) is 5.78 Å². The summed E-state index contributed by atoms with van der Waals surface area (Å²) in [5, 5.41) is 37.2. The minimum atomic E-state index is -2.23. The molecule has 3 fully saturated rings. The summed E-state index contributed by atoms with van der Waals surface area (Å²) >= 11 is 0. The Bertz CT molecular complexity index is 507. The molecule has 2 saturated heterocycles. The van der Waals surface area contributed by atoms with E-state index < -0.39 is 60.5 Å². The first-order valence-electron chi connectivity index (χ1n) is 7.78. The zero-order chi connectivity index (χ0) is 16.9. The number of Topliss-reactive ketones (excluding diaryl/α,β-unsaturated/α-hetero) is 1. The van der Waals surface area contributed by atoms with Crippen LogP contribution in [-0.4, -0.2) is 117 Å². The second kappa shape index (κ2) is 14.7. The first-order chi connectivity index (χ1) is 10.8. The number of nitrogens with one attached hydrogen (secondary N) is 2. The van der Waals surface area contributed by atoms with E-state index >= 15 is 0 Å². The SMILES string of the molecule is CN[C@@H]1[C@H](O)[C@H](NC)[C@H]2O[C@@]3(O)C(=O)C[C@@H](C)O[C@H]3O[C@@H]2[C@H]1O.O.O.O.O.O.[Cl-].[Cl-].[H+].[H+]. The van der Waals surface area contributed by atoms with Crippen LogP contribution in [-0.2, 0) is 19.0 Å². The van der Waals surface area contributed by atoms with Gasteiger partial charge in [0.25, 0.3) is 5.79 Å². The highest BCUT2D eigenvalue weighted by Gasteiger charge is 2.63. The van der Waals surface area contributed by atoms with Crippen molar-refractivity contribution in [1.29, 1.82) is 0 Å². The Morgan fingerprint density at radius 1 is 0.933 bits per heavy atom. The quantitative estimate of drug-likeness (QED) is 0.243. The molecule has 0 aromatic heterocycles. The van der Waals surface area contributed by atoms with Crippen LogP contribution in [0.15, 0.2) is 0 Å². The van der Waals surface area contributed by atoms with Crippen molar-refractivity contribution < 1.29 is 89.4 Å². The fraction of sp³-hybridized carbons (Fsp3) is 0.929. The van der Waals surface area contributed by atoms with E-state index in [1.807, 2.05) is 0 Å². The predicted molar refractivity (Wildman–Crippen MR) is 96.7 cm³/mol. The highest BCUT2D eigenvalue weighted by Crippen LogP contribution is 2.40. The summed E-state index contributed by atoms with van der Waals surface area (Å²) in [6, 6.07) is -1.29. The maximum absolute atomic E-state index is 12.2. The van der Waals surface area contributed by atoms with Crippen LogP contribution >= 0.6 is 0 Å². The maximum Gasteiger partial charge on any atom is 1.00 e. The summed E-state index contributed by atoms with van der Waals surface area (Å²) in [6.45, 7) is 1.70. The van der Waals surface area contributed by atoms with Crippen molar-refractivity contribution >= 4 is 5.78 Å². The van der Waals surface area contributed by atoms with E-state index in [1.54, 1.807) is 21.0 Å². The van der Waals surface area contributed by atoms with Gasteiger partial charge in [-0.05, 0) is 21.0 Å². The number of carbonyl (C=O) groups is 1. The molecule has 0 aromatic carbocycles. The lowest BCUT2D eigenvalue weighted by atomic mass is 9.80. The van der Waals surface area contributed by atoms with Crippen LogP contribution in [0.25, 0.3) is 0 Å². The van der Waals surface area contributed by atoms with Gasteiger partial charge in [0.1, 0.15) is 18.3 Å². The lowest BCUT2D eigenvalue weighted by Gasteiger charge is -2.55. The van der Waals surface area contributed by atoms with E-state index in [0.29, 0.717) is 0 Å². The summed E-state index contributed by atoms with van der Waals surface area (Å²) in [5.41, 5.74) is 0. The minimum Gasteiger partial charge on any atom is -1.00 e. The Morgan fingerprint density at radius 3 is 1.90 bits per heavy atom. The standard InChI is InChI=1S/C14H24N2O7.2ClH.5H2O/c1-5-4-6(17)14(20)13(21-5)22-12-10(19)7(15-2)9(18)8(16-3)11(12)23-14;;;;;;;/h5,7-13,15-16,18-20H,4H2,1-3H3;2*1H;5*1H2/t5-,7-,8+,9+,10+,11-,12-,13+,14+;;;;;;;/m1......./s1. The van der Waals surface area contributed by atoms with Crippen molar-refractivity contribution in [3.8, 4) is 0 Å². The van der Waals surface area contributed by atoms with Gasteiger partial charge >= 0.3 is 2.85 Å². The molecule has 0 aromatic rings. The van der Waals surface area contributed by atoms with E-state index in [0.717, 1.165) is 0 Å². The summed E-state index contributed by atoms with van der Waals surface area (Å²) in [7, 11) is 3.24. The highest BCUT2D eigenvalue weighted by molar-refractivity contribution is 5.87. The van der Waals surface area contributed by atoms with Crippen molar-refractivity contribution in [2.75, 3.05) is 14.1 Å². The molecule has 2 heterocycles. The van der Waals surface area contributed by atoms with E-state index in [4.69, 9.17) is 14.2 Å². The number of hydrogen-bond acceptors (Lipinski definition) is 9. The number of aliphatic hydroxyl groups excluding tert-OH is 2. The molecule has 2 aliphatic heterocycles. The third-order valence-electron chi connectivity index (χ3n) is 4.93. The summed E-state index contributed by atoms with van der Waals surface area (Å²) in [4.78, 5) is 12.2. The number of hydrogen-bond donors (Lipinski definition) is 5. The molecule has 0 amide bonds. The topological polar surface area (TPSA) is 287 Å². The molecule has 9 atom stereocenters. The molecule has 0 spiro atoms. The molecular weight excluding hydrogens is 459 g/mol. The molecule has 0 unspecified atom stereocenters. The monoisotopic (exact) mass is 494 g/mol. The van der Waals surface area contributed by atoms with Crippen molar-refractivity contribution in [2.45, 2.75) is 68.0 Å². The lowest BCUT2D eigenvalue weighted by Crippen LogP contribution is -3.00. The number of ketones is 1. The first kappa shape index (κ1) is 40.1. The molecule has 1 aliphatic carbocycles. The normalized spacial score (nSPS) is 41.1. The van der Waals surface area contributed by atoms with Gasteiger partial charge in [0, 0.05) is 6.42 Å². The van der Waals surface area contributed by atoms with Gasteiger partial charge in [-0.3, -0.25) is 4.79 Å². The zero-order valence-corrected chi connectivity index (χ0v) is 18.1. The largest absolute Gasteiger partial charge is 1.00 e. The van der Waals surface area contributed by atoms with Crippen LogP contribution in [0.5, 0.6) is 0 Å². The second-order valence-electron chi connectivity index (χ2n) is 6.40. The Balaban J connectivity index is -0.000000139. The van der Waals surface area contributed by atoms with E-state index in [2.05, 4.69) is 10.6 Å². The molecule has 16 heteroatoms. The van der Waals surface area contributed by atoms with Gasteiger partial charge in [0.05, 0.1) is 24.3 Å². The molecule has 15 N–H and O–H groups in total. The number of ether oxygens (including phenoxy) is 3. The van der Waals surface area contributed by atoms with Crippen LogP contribution in [0, 0.1) is 0 Å². The lowest BCUT2D eigenvalue weighted by molar-refractivity contribution is -0.420. The van der Waals surface area contributed by atoms with Crippen LogP contribution in [0.4, 0.5) is 0 Å². The highest BCUT2D eigenvalue weighted by atomic mass is 35.5. The Kier molecular flexibility index (Phi) is 19.7. The van der Waals surface area contributed by atoms with E-state index in [1.165, 1.54) is 0 Å². The fourth-order valence-corrected chi connectivity index (χ4v) is 3.68. The predicted octanol–water partition coefficient (Wildman–Crippen LogP) is -12.8. The van der Waals surface area contributed by atoms with E-state index in [-0.39, 0.29) is 61.5 Å². The number of halogens is 2. The van der Waals surface area contributed by atoms with Gasteiger partial charge < -0.3 is 92.4 Å². The zero-order valence-electron chi connectivity index (χ0n) is 18.6. The molecular formula is C14H36Cl2N2O12. The minimum absolute atomic E-state index is 0. The maximum atomic E-state index is 12.2. The van der Waals surface area contributed by atoms with Crippen LogP contribution in [0.1, 0.15) is 16.2 Å². The van der Waals surface area contributed by atoms with Crippen LogP contribution < -0.4 is 35.4 Å². The molecule has 0 radical (unpaired) electrons. The number of rotatable bonds is 2. The third kappa shape index (κ3) is 6.16. The summed E-state index contributed by atoms with van der Waals surface area (Å²) in [6.07, 6.45) is -5.58. The van der Waals surface area contributed by atoms with Crippen molar-refractivity contribution in [3.63, 3.8) is 0 Å². The van der Waals surface area contributed by atoms with Gasteiger partial charge in [-0.15, -0.1) is 0 Å². The first-order valence-corrected chi connectivity index (χ1v) is 7.78. The van der Waals surface area contributed by atoms with Crippen molar-refractivity contribution in [1.82, 2.24) is 10.6 Å². The van der Waals surface area contributed by atoms with Gasteiger partial charge in [-0.1, -0.05) is 0 Å². The Labute approximate surface area is 188 Å². The molecule has 3 rings (SSSR count). The summed E-state index contributed by atoms with van der Waals surface area (Å²) in [5.74, 6) is -2.76. The smallest absolute Gasteiger partial charge is 1.00 e. The molecule has 14 nitrogen and oxygen atoms in total.